The molecular weight excluding hydrogens is 300 g/mol. The van der Waals surface area contributed by atoms with Crippen molar-refractivity contribution in [2.24, 2.45) is 11.8 Å². The van der Waals surface area contributed by atoms with E-state index in [4.69, 9.17) is 0 Å². The molecule has 2 aromatic carbocycles. The number of hydrogen-bond donors (Lipinski definition) is 2. The van der Waals surface area contributed by atoms with Crippen LogP contribution in [0.1, 0.15) is 34.8 Å². The van der Waals surface area contributed by atoms with Crippen molar-refractivity contribution in [2.75, 3.05) is 5.32 Å². The van der Waals surface area contributed by atoms with Crippen LogP contribution >= 0.6 is 0 Å². The lowest BCUT2D eigenvalue weighted by Crippen LogP contribution is -2.25. The van der Waals surface area contributed by atoms with E-state index in [9.17, 15) is 9.59 Å². The Kier molecular flexibility index (Phi) is 4.65. The molecule has 1 aliphatic rings. The van der Waals surface area contributed by atoms with Gasteiger partial charge >= 0.3 is 0 Å². The second kappa shape index (κ2) is 6.87. The fourth-order valence-corrected chi connectivity index (χ4v) is 2.69. The van der Waals surface area contributed by atoms with Gasteiger partial charge in [-0.05, 0) is 37.0 Å². The zero-order valence-corrected chi connectivity index (χ0v) is 14.0. The first kappa shape index (κ1) is 16.2. The highest BCUT2D eigenvalue weighted by Gasteiger charge is 2.39. The van der Waals surface area contributed by atoms with Gasteiger partial charge in [0.1, 0.15) is 0 Å². The maximum absolute atomic E-state index is 12.5. The number of rotatable bonds is 5. The minimum absolute atomic E-state index is 0.00119. The van der Waals surface area contributed by atoms with Crippen LogP contribution in [-0.2, 0) is 11.3 Å². The molecule has 124 valence electrons. The van der Waals surface area contributed by atoms with Gasteiger partial charge in [-0.15, -0.1) is 0 Å². The number of para-hydroxylation sites is 1. The minimum atomic E-state index is -0.185. The Balaban J connectivity index is 1.65. The molecule has 0 radical (unpaired) electrons. The molecule has 4 heteroatoms. The van der Waals surface area contributed by atoms with Crippen LogP contribution in [0.5, 0.6) is 0 Å². The third-order valence-corrected chi connectivity index (χ3v) is 4.45. The van der Waals surface area contributed by atoms with Crippen molar-refractivity contribution < 1.29 is 9.59 Å². The number of hydrogen-bond acceptors (Lipinski definition) is 2. The predicted molar refractivity (Wildman–Crippen MR) is 94.7 cm³/mol. The quantitative estimate of drug-likeness (QED) is 0.885. The van der Waals surface area contributed by atoms with E-state index in [2.05, 4.69) is 17.6 Å². The van der Waals surface area contributed by atoms with E-state index < -0.39 is 0 Å². The van der Waals surface area contributed by atoms with Crippen LogP contribution in [0.4, 0.5) is 5.69 Å². The van der Waals surface area contributed by atoms with Gasteiger partial charge in [0.05, 0.1) is 11.3 Å². The molecule has 1 fully saturated rings. The van der Waals surface area contributed by atoms with E-state index in [0.717, 1.165) is 12.0 Å². The highest BCUT2D eigenvalue weighted by Crippen LogP contribution is 2.38. The van der Waals surface area contributed by atoms with Crippen LogP contribution in [0.2, 0.25) is 0 Å². The Hall–Kier alpha value is -2.62. The number of benzene rings is 2. The molecule has 2 unspecified atom stereocenters. The summed E-state index contributed by atoms with van der Waals surface area (Å²) in [5, 5.41) is 5.80. The summed E-state index contributed by atoms with van der Waals surface area (Å²) in [6, 6.07) is 15.2. The summed E-state index contributed by atoms with van der Waals surface area (Å²) in [5.41, 5.74) is 3.30. The maximum atomic E-state index is 12.5. The molecule has 24 heavy (non-hydrogen) atoms. The van der Waals surface area contributed by atoms with Gasteiger partial charge in [0, 0.05) is 12.5 Å². The third-order valence-electron chi connectivity index (χ3n) is 4.45. The third kappa shape index (κ3) is 3.82. The normalized spacial score (nSPS) is 18.8. The molecule has 1 aliphatic carbocycles. The van der Waals surface area contributed by atoms with Gasteiger partial charge in [0.25, 0.3) is 5.91 Å². The number of carbonyl (C=O) groups excluding carboxylic acids is 2. The molecule has 0 aromatic heterocycles. The second-order valence-electron chi connectivity index (χ2n) is 6.52. The first-order valence-corrected chi connectivity index (χ1v) is 8.28. The smallest absolute Gasteiger partial charge is 0.253 e. The fourth-order valence-electron chi connectivity index (χ4n) is 2.69. The summed E-state index contributed by atoms with van der Waals surface area (Å²) in [6.45, 7) is 4.55. The highest BCUT2D eigenvalue weighted by atomic mass is 16.2. The topological polar surface area (TPSA) is 58.2 Å². The Bertz CT molecular complexity index is 752. The van der Waals surface area contributed by atoms with Gasteiger partial charge in [-0.2, -0.15) is 0 Å². The second-order valence-corrected chi connectivity index (χ2v) is 6.52. The summed E-state index contributed by atoms with van der Waals surface area (Å²) in [7, 11) is 0. The van der Waals surface area contributed by atoms with Gasteiger partial charge in [-0.1, -0.05) is 48.9 Å². The van der Waals surface area contributed by atoms with Crippen molar-refractivity contribution >= 4 is 17.5 Å². The van der Waals surface area contributed by atoms with Crippen LogP contribution < -0.4 is 10.6 Å². The van der Waals surface area contributed by atoms with Crippen LogP contribution in [0, 0.1) is 18.8 Å². The van der Waals surface area contributed by atoms with Crippen molar-refractivity contribution in [3.8, 4) is 0 Å². The summed E-state index contributed by atoms with van der Waals surface area (Å²) in [5.74, 6) is 0.331. The fraction of sp³-hybridized carbons (Fsp3) is 0.300. The number of nitrogens with one attached hydrogen (secondary N) is 2. The first-order chi connectivity index (χ1) is 11.5. The molecule has 3 rings (SSSR count). The monoisotopic (exact) mass is 322 g/mol. The number of amides is 2. The van der Waals surface area contributed by atoms with Crippen LogP contribution in [0.25, 0.3) is 0 Å². The highest BCUT2D eigenvalue weighted by molar-refractivity contribution is 6.04. The van der Waals surface area contributed by atoms with Gasteiger partial charge in [0.2, 0.25) is 5.91 Å². The molecule has 0 bridgehead atoms. The van der Waals surface area contributed by atoms with Crippen molar-refractivity contribution in [3.63, 3.8) is 0 Å². The van der Waals surface area contributed by atoms with E-state index in [1.54, 1.807) is 18.2 Å². The van der Waals surface area contributed by atoms with Crippen molar-refractivity contribution in [3.05, 3.63) is 65.2 Å². The molecule has 4 nitrogen and oxygen atoms in total. The lowest BCUT2D eigenvalue weighted by molar-refractivity contribution is -0.117. The number of aryl methyl sites for hydroxylation is 1. The zero-order valence-electron chi connectivity index (χ0n) is 14.0. The molecule has 0 heterocycles. The molecule has 2 amide bonds. The van der Waals surface area contributed by atoms with E-state index in [-0.39, 0.29) is 17.7 Å². The van der Waals surface area contributed by atoms with E-state index in [0.29, 0.717) is 23.7 Å². The average molecular weight is 322 g/mol. The number of carbonyl (C=O) groups is 2. The molecule has 0 spiro atoms. The van der Waals surface area contributed by atoms with Crippen molar-refractivity contribution in [1.82, 2.24) is 5.32 Å². The Morgan fingerprint density at radius 2 is 1.75 bits per heavy atom. The van der Waals surface area contributed by atoms with Crippen LogP contribution in [0.3, 0.4) is 0 Å². The zero-order chi connectivity index (χ0) is 17.1. The lowest BCUT2D eigenvalue weighted by Gasteiger charge is -2.11. The molecule has 2 aromatic rings. The summed E-state index contributed by atoms with van der Waals surface area (Å²) in [4.78, 5) is 24.6. The molecule has 0 saturated heterocycles. The largest absolute Gasteiger partial charge is 0.348 e. The average Bonchev–Trinajstić information content (AvgIpc) is 3.31. The standard InChI is InChI=1S/C20H22N2O2/c1-13-7-9-15(10-8-13)12-21-19(23)16-5-3-4-6-18(16)22-20(24)17-11-14(17)2/h3-10,14,17H,11-12H2,1-2H3,(H,21,23)(H,22,24). The summed E-state index contributed by atoms with van der Waals surface area (Å²) < 4.78 is 0. The van der Waals surface area contributed by atoms with Gasteiger partial charge < -0.3 is 10.6 Å². The molecule has 2 atom stereocenters. The predicted octanol–water partition coefficient (Wildman–Crippen LogP) is 3.52. The van der Waals surface area contributed by atoms with E-state index in [1.165, 1.54) is 5.56 Å². The van der Waals surface area contributed by atoms with Crippen molar-refractivity contribution in [1.29, 1.82) is 0 Å². The molecular formula is C20H22N2O2. The Morgan fingerprint density at radius 3 is 2.42 bits per heavy atom. The molecule has 1 saturated carbocycles. The number of anilines is 1. The lowest BCUT2D eigenvalue weighted by atomic mass is 10.1. The summed E-state index contributed by atoms with van der Waals surface area (Å²) in [6.07, 6.45) is 0.924. The van der Waals surface area contributed by atoms with Gasteiger partial charge in [0.15, 0.2) is 0 Å². The SMILES string of the molecule is Cc1ccc(CNC(=O)c2ccccc2NC(=O)C2CC2C)cc1. The maximum Gasteiger partial charge on any atom is 0.253 e. The molecule has 0 aliphatic heterocycles. The first-order valence-electron chi connectivity index (χ1n) is 8.28. The summed E-state index contributed by atoms with van der Waals surface area (Å²) >= 11 is 0. The minimum Gasteiger partial charge on any atom is -0.348 e. The van der Waals surface area contributed by atoms with Crippen LogP contribution in [-0.4, -0.2) is 11.8 Å². The van der Waals surface area contributed by atoms with E-state index in [1.807, 2.05) is 37.3 Å². The van der Waals surface area contributed by atoms with Gasteiger partial charge in [-0.25, -0.2) is 0 Å². The molecule has 2 N–H and O–H groups in total. The van der Waals surface area contributed by atoms with Crippen LogP contribution in [0.15, 0.2) is 48.5 Å². The van der Waals surface area contributed by atoms with E-state index >= 15 is 0 Å². The Labute approximate surface area is 142 Å². The van der Waals surface area contributed by atoms with Crippen molar-refractivity contribution in [2.45, 2.75) is 26.8 Å². The van der Waals surface area contributed by atoms with Gasteiger partial charge in [-0.3, -0.25) is 9.59 Å². The Morgan fingerprint density at radius 1 is 1.08 bits per heavy atom.